The van der Waals surface area contributed by atoms with E-state index in [-0.39, 0.29) is 12.5 Å². The summed E-state index contributed by atoms with van der Waals surface area (Å²) in [5.74, 6) is -0.690. The highest BCUT2D eigenvalue weighted by molar-refractivity contribution is 5.88. The Morgan fingerprint density at radius 2 is 2.06 bits per heavy atom. The third kappa shape index (κ3) is 2.36. The van der Waals surface area contributed by atoms with Crippen LogP contribution in [0.5, 0.6) is 0 Å². The summed E-state index contributed by atoms with van der Waals surface area (Å²) in [7, 11) is 1.45. The third-order valence-electron chi connectivity index (χ3n) is 3.17. The Kier molecular flexibility index (Phi) is 3.62. The molecule has 2 N–H and O–H groups in total. The molecule has 1 aliphatic rings. The molecule has 0 saturated carbocycles. The van der Waals surface area contributed by atoms with Crippen molar-refractivity contribution in [1.82, 2.24) is 4.90 Å². The summed E-state index contributed by atoms with van der Waals surface area (Å²) in [6, 6.07) is 7.18. The van der Waals surface area contributed by atoms with Gasteiger partial charge in [-0.3, -0.25) is 9.59 Å². The van der Waals surface area contributed by atoms with Gasteiger partial charge in [0.15, 0.2) is 0 Å². The lowest BCUT2D eigenvalue weighted by Crippen LogP contribution is -2.52. The quantitative estimate of drug-likeness (QED) is 0.822. The lowest BCUT2D eigenvalue weighted by Gasteiger charge is -2.34. The Bertz CT molecular complexity index is 473. The monoisotopic (exact) mass is 248 g/mol. The predicted octanol–water partition coefficient (Wildman–Crippen LogP) is 0.0716. The fourth-order valence-electron chi connectivity index (χ4n) is 2.25. The summed E-state index contributed by atoms with van der Waals surface area (Å²) in [4.78, 5) is 24.9. The SMILES string of the molecule is COCC(=O)N1Cc2ccccc2C[C@H]1C(N)=O. The molecule has 1 atom stereocenters. The van der Waals surface area contributed by atoms with Crippen LogP contribution in [0.15, 0.2) is 24.3 Å². The van der Waals surface area contributed by atoms with Gasteiger partial charge in [-0.2, -0.15) is 0 Å². The molecule has 5 nitrogen and oxygen atoms in total. The number of primary amides is 1. The van der Waals surface area contributed by atoms with Crippen molar-refractivity contribution >= 4 is 11.8 Å². The van der Waals surface area contributed by atoms with Crippen LogP contribution in [0.25, 0.3) is 0 Å². The molecule has 5 heteroatoms. The van der Waals surface area contributed by atoms with Crippen molar-refractivity contribution in [3.63, 3.8) is 0 Å². The Morgan fingerprint density at radius 3 is 2.67 bits per heavy atom. The first-order valence-corrected chi connectivity index (χ1v) is 5.78. The van der Waals surface area contributed by atoms with E-state index >= 15 is 0 Å². The van der Waals surface area contributed by atoms with Crippen LogP contribution in [0.1, 0.15) is 11.1 Å². The molecule has 1 aromatic rings. The molecule has 0 spiro atoms. The fraction of sp³-hybridized carbons (Fsp3) is 0.385. The average molecular weight is 248 g/mol. The number of carbonyl (C=O) groups is 2. The van der Waals surface area contributed by atoms with Gasteiger partial charge < -0.3 is 15.4 Å². The lowest BCUT2D eigenvalue weighted by molar-refractivity contribution is -0.143. The molecule has 1 aromatic carbocycles. The first kappa shape index (κ1) is 12.6. The van der Waals surface area contributed by atoms with Crippen LogP contribution in [0, 0.1) is 0 Å². The van der Waals surface area contributed by atoms with Crippen LogP contribution >= 0.6 is 0 Å². The largest absolute Gasteiger partial charge is 0.375 e. The van der Waals surface area contributed by atoms with Gasteiger partial charge in [-0.1, -0.05) is 24.3 Å². The van der Waals surface area contributed by atoms with E-state index in [9.17, 15) is 9.59 Å². The maximum Gasteiger partial charge on any atom is 0.249 e. The van der Waals surface area contributed by atoms with Crippen molar-refractivity contribution in [1.29, 1.82) is 0 Å². The number of fused-ring (bicyclic) bond motifs is 1. The van der Waals surface area contributed by atoms with E-state index in [1.165, 1.54) is 12.0 Å². The number of hydrogen-bond donors (Lipinski definition) is 1. The van der Waals surface area contributed by atoms with Crippen molar-refractivity contribution in [3.8, 4) is 0 Å². The topological polar surface area (TPSA) is 72.6 Å². The molecular weight excluding hydrogens is 232 g/mol. The van der Waals surface area contributed by atoms with Gasteiger partial charge in [-0.15, -0.1) is 0 Å². The van der Waals surface area contributed by atoms with Crippen molar-refractivity contribution in [2.24, 2.45) is 5.73 Å². The summed E-state index contributed by atoms with van der Waals surface area (Å²) in [6.45, 7) is 0.373. The summed E-state index contributed by atoms with van der Waals surface area (Å²) < 4.78 is 4.83. The number of hydrogen-bond acceptors (Lipinski definition) is 3. The summed E-state index contributed by atoms with van der Waals surface area (Å²) in [5.41, 5.74) is 7.50. The molecule has 0 radical (unpaired) electrons. The van der Waals surface area contributed by atoms with Crippen LogP contribution in [-0.2, 0) is 27.3 Å². The second-order valence-corrected chi connectivity index (χ2v) is 4.35. The Hall–Kier alpha value is -1.88. The molecule has 0 aliphatic carbocycles. The highest BCUT2D eigenvalue weighted by Crippen LogP contribution is 2.23. The lowest BCUT2D eigenvalue weighted by atomic mass is 9.93. The van der Waals surface area contributed by atoms with Gasteiger partial charge in [0.1, 0.15) is 12.6 Å². The Balaban J connectivity index is 2.28. The van der Waals surface area contributed by atoms with Crippen LogP contribution in [0.3, 0.4) is 0 Å². The van der Waals surface area contributed by atoms with Crippen LogP contribution in [0.4, 0.5) is 0 Å². The Morgan fingerprint density at radius 1 is 1.39 bits per heavy atom. The van der Waals surface area contributed by atoms with E-state index < -0.39 is 11.9 Å². The van der Waals surface area contributed by atoms with Crippen LogP contribution < -0.4 is 5.73 Å². The zero-order valence-corrected chi connectivity index (χ0v) is 10.3. The van der Waals surface area contributed by atoms with E-state index in [1.807, 2.05) is 24.3 Å². The number of nitrogens with zero attached hydrogens (tertiary/aromatic N) is 1. The number of ether oxygens (including phenoxy) is 1. The van der Waals surface area contributed by atoms with E-state index in [0.29, 0.717) is 13.0 Å². The van der Waals surface area contributed by atoms with Gasteiger partial charge in [-0.25, -0.2) is 0 Å². The smallest absolute Gasteiger partial charge is 0.249 e. The maximum absolute atomic E-state index is 11.9. The number of nitrogens with two attached hydrogens (primary N) is 1. The molecule has 1 aliphatic heterocycles. The summed E-state index contributed by atoms with van der Waals surface area (Å²) >= 11 is 0. The molecule has 0 fully saturated rings. The maximum atomic E-state index is 11.9. The highest BCUT2D eigenvalue weighted by atomic mass is 16.5. The first-order valence-electron chi connectivity index (χ1n) is 5.78. The number of rotatable bonds is 3. The standard InChI is InChI=1S/C13H16N2O3/c1-18-8-12(16)15-7-10-5-3-2-4-9(10)6-11(15)13(14)17/h2-5,11H,6-8H2,1H3,(H2,14,17)/t11-/m0/s1. The van der Waals surface area contributed by atoms with Gasteiger partial charge in [-0.05, 0) is 11.1 Å². The molecule has 0 saturated heterocycles. The minimum absolute atomic E-state index is 0.0358. The Labute approximate surface area is 106 Å². The first-order chi connectivity index (χ1) is 8.63. The zero-order valence-electron chi connectivity index (χ0n) is 10.3. The second-order valence-electron chi connectivity index (χ2n) is 4.35. The molecular formula is C13H16N2O3. The van der Waals surface area contributed by atoms with E-state index in [4.69, 9.17) is 10.5 Å². The van der Waals surface area contributed by atoms with Crippen LogP contribution in [-0.4, -0.2) is 36.5 Å². The van der Waals surface area contributed by atoms with Gasteiger partial charge in [0.2, 0.25) is 11.8 Å². The van der Waals surface area contributed by atoms with Crippen molar-refractivity contribution in [3.05, 3.63) is 35.4 Å². The van der Waals surface area contributed by atoms with E-state index in [1.54, 1.807) is 0 Å². The number of amides is 2. The number of methoxy groups -OCH3 is 1. The second kappa shape index (κ2) is 5.18. The van der Waals surface area contributed by atoms with Gasteiger partial charge in [0.25, 0.3) is 0 Å². The number of benzene rings is 1. The molecule has 1 heterocycles. The highest BCUT2D eigenvalue weighted by Gasteiger charge is 2.32. The van der Waals surface area contributed by atoms with Gasteiger partial charge in [0, 0.05) is 20.1 Å². The average Bonchev–Trinajstić information content (AvgIpc) is 2.37. The molecule has 2 amide bonds. The van der Waals surface area contributed by atoms with E-state index in [2.05, 4.69) is 0 Å². The van der Waals surface area contributed by atoms with E-state index in [0.717, 1.165) is 11.1 Å². The van der Waals surface area contributed by atoms with Crippen molar-refractivity contribution in [2.45, 2.75) is 19.0 Å². The molecule has 2 rings (SSSR count). The minimum atomic E-state index is -0.581. The van der Waals surface area contributed by atoms with Crippen molar-refractivity contribution < 1.29 is 14.3 Å². The molecule has 96 valence electrons. The van der Waals surface area contributed by atoms with Gasteiger partial charge >= 0.3 is 0 Å². The molecule has 0 unspecified atom stereocenters. The predicted molar refractivity (Wildman–Crippen MR) is 65.6 cm³/mol. The molecule has 18 heavy (non-hydrogen) atoms. The summed E-state index contributed by atoms with van der Waals surface area (Å²) in [5, 5.41) is 0. The van der Waals surface area contributed by atoms with Crippen molar-refractivity contribution in [2.75, 3.05) is 13.7 Å². The van der Waals surface area contributed by atoms with Crippen LogP contribution in [0.2, 0.25) is 0 Å². The zero-order chi connectivity index (χ0) is 13.1. The normalized spacial score (nSPS) is 18.3. The molecule has 0 aromatic heterocycles. The summed E-state index contributed by atoms with van der Waals surface area (Å²) in [6.07, 6.45) is 0.473. The fourth-order valence-corrected chi connectivity index (χ4v) is 2.25. The minimum Gasteiger partial charge on any atom is -0.375 e. The molecule has 0 bridgehead atoms. The third-order valence-corrected chi connectivity index (χ3v) is 3.17. The van der Waals surface area contributed by atoms with Gasteiger partial charge in [0.05, 0.1) is 0 Å². The number of carbonyl (C=O) groups excluding carboxylic acids is 2.